The van der Waals surface area contributed by atoms with Gasteiger partial charge in [0.2, 0.25) is 0 Å². The minimum Gasteiger partial charge on any atom is -0.382 e. The average molecular weight is 338 g/mol. The highest BCUT2D eigenvalue weighted by molar-refractivity contribution is 9.10. The Morgan fingerprint density at radius 2 is 2.16 bits per heavy atom. The van der Waals surface area contributed by atoms with Gasteiger partial charge in [-0.1, -0.05) is 15.9 Å². The first-order valence-electron chi connectivity index (χ1n) is 6.05. The van der Waals surface area contributed by atoms with Gasteiger partial charge in [0.15, 0.2) is 0 Å². The summed E-state index contributed by atoms with van der Waals surface area (Å²) < 4.78 is 44.8. The Balaban J connectivity index is 2.17. The smallest absolute Gasteiger partial charge is 0.382 e. The van der Waals surface area contributed by atoms with Crippen molar-refractivity contribution in [3.8, 4) is 0 Å². The van der Waals surface area contributed by atoms with E-state index in [-0.39, 0.29) is 11.3 Å². The Morgan fingerprint density at radius 3 is 2.74 bits per heavy atom. The van der Waals surface area contributed by atoms with Crippen LogP contribution in [0.15, 0.2) is 22.7 Å². The van der Waals surface area contributed by atoms with Crippen LogP contribution in [0.5, 0.6) is 0 Å². The monoisotopic (exact) mass is 337 g/mol. The molecule has 0 amide bonds. The van der Waals surface area contributed by atoms with E-state index < -0.39 is 11.7 Å². The molecule has 1 unspecified atom stereocenters. The maximum absolute atomic E-state index is 12.9. The van der Waals surface area contributed by atoms with E-state index in [0.29, 0.717) is 17.6 Å². The van der Waals surface area contributed by atoms with Gasteiger partial charge in [0, 0.05) is 23.3 Å². The molecule has 1 fully saturated rings. The zero-order chi connectivity index (χ0) is 14.1. The molecule has 0 aliphatic carbocycles. The van der Waals surface area contributed by atoms with Gasteiger partial charge in [-0.05, 0) is 38.0 Å². The van der Waals surface area contributed by atoms with Crippen LogP contribution in [0.3, 0.4) is 0 Å². The number of anilines is 1. The number of rotatable bonds is 3. The first-order chi connectivity index (χ1) is 8.80. The van der Waals surface area contributed by atoms with Crippen molar-refractivity contribution >= 4 is 21.6 Å². The van der Waals surface area contributed by atoms with Crippen LogP contribution in [0.2, 0.25) is 0 Å². The van der Waals surface area contributed by atoms with Crippen LogP contribution in [-0.2, 0) is 10.9 Å². The Hall–Kier alpha value is -0.750. The Kier molecular flexibility index (Phi) is 4.11. The minimum atomic E-state index is -4.36. The summed E-state index contributed by atoms with van der Waals surface area (Å²) in [5.41, 5.74) is -0.957. The summed E-state index contributed by atoms with van der Waals surface area (Å²) in [6, 6.07) is 3.91. The summed E-state index contributed by atoms with van der Waals surface area (Å²) in [5, 5.41) is 2.87. The van der Waals surface area contributed by atoms with Gasteiger partial charge in [-0.25, -0.2) is 0 Å². The van der Waals surface area contributed by atoms with E-state index in [4.69, 9.17) is 4.74 Å². The second-order valence-corrected chi connectivity index (χ2v) is 5.86. The third kappa shape index (κ3) is 3.63. The number of alkyl halides is 3. The fraction of sp³-hybridized carbons (Fsp3) is 0.538. The fourth-order valence-electron chi connectivity index (χ4n) is 2.17. The lowest BCUT2D eigenvalue weighted by atomic mass is 10.0. The molecule has 1 aromatic carbocycles. The zero-order valence-corrected chi connectivity index (χ0v) is 12.1. The maximum Gasteiger partial charge on any atom is 0.418 e. The molecule has 19 heavy (non-hydrogen) atoms. The lowest BCUT2D eigenvalue weighted by Gasteiger charge is -2.25. The van der Waals surface area contributed by atoms with E-state index in [0.717, 1.165) is 18.9 Å². The molecule has 2 rings (SSSR count). The molecule has 1 aromatic rings. The fourth-order valence-corrected chi connectivity index (χ4v) is 2.53. The van der Waals surface area contributed by atoms with Gasteiger partial charge in [0.1, 0.15) is 0 Å². The average Bonchev–Trinajstić information content (AvgIpc) is 2.73. The number of halogens is 4. The van der Waals surface area contributed by atoms with E-state index in [1.807, 2.05) is 6.92 Å². The molecule has 1 saturated heterocycles. The van der Waals surface area contributed by atoms with Crippen molar-refractivity contribution in [3.63, 3.8) is 0 Å². The predicted molar refractivity (Wildman–Crippen MR) is 71.2 cm³/mol. The molecular weight excluding hydrogens is 323 g/mol. The van der Waals surface area contributed by atoms with Crippen molar-refractivity contribution in [1.82, 2.24) is 0 Å². The highest BCUT2D eigenvalue weighted by Gasteiger charge is 2.35. The molecule has 6 heteroatoms. The van der Waals surface area contributed by atoms with E-state index in [1.54, 1.807) is 0 Å². The van der Waals surface area contributed by atoms with Gasteiger partial charge in [-0.2, -0.15) is 13.2 Å². The van der Waals surface area contributed by atoms with E-state index in [2.05, 4.69) is 21.2 Å². The summed E-state index contributed by atoms with van der Waals surface area (Å²) in [5.74, 6) is 0. The van der Waals surface area contributed by atoms with Crippen molar-refractivity contribution in [1.29, 1.82) is 0 Å². The van der Waals surface area contributed by atoms with Crippen molar-refractivity contribution in [2.75, 3.05) is 18.5 Å². The summed E-state index contributed by atoms with van der Waals surface area (Å²) in [7, 11) is 0. The molecule has 0 spiro atoms. The van der Waals surface area contributed by atoms with Crippen LogP contribution in [0.4, 0.5) is 18.9 Å². The van der Waals surface area contributed by atoms with Crippen LogP contribution >= 0.6 is 15.9 Å². The van der Waals surface area contributed by atoms with Gasteiger partial charge in [-0.3, -0.25) is 0 Å². The Morgan fingerprint density at radius 1 is 1.42 bits per heavy atom. The van der Waals surface area contributed by atoms with Crippen LogP contribution in [0, 0.1) is 0 Å². The Bertz CT molecular complexity index is 456. The van der Waals surface area contributed by atoms with Crippen LogP contribution < -0.4 is 5.32 Å². The van der Waals surface area contributed by atoms with Gasteiger partial charge in [0.05, 0.1) is 11.2 Å². The number of hydrogen-bond donors (Lipinski definition) is 1. The standard InChI is InChI=1S/C13H15BrF3NO/c1-12(5-2-6-19-12)8-18-11-7-9(14)3-4-10(11)13(15,16)17/h3-4,7,18H,2,5-6,8H2,1H3. The first-order valence-corrected chi connectivity index (χ1v) is 6.84. The third-order valence-corrected chi connectivity index (χ3v) is 3.73. The molecule has 1 N–H and O–H groups in total. The van der Waals surface area contributed by atoms with Gasteiger partial charge < -0.3 is 10.1 Å². The molecule has 1 aliphatic heterocycles. The lowest BCUT2D eigenvalue weighted by Crippen LogP contribution is -2.33. The van der Waals surface area contributed by atoms with Gasteiger partial charge in [0.25, 0.3) is 0 Å². The molecule has 106 valence electrons. The molecule has 1 heterocycles. The number of ether oxygens (including phenoxy) is 1. The molecule has 1 atom stereocenters. The Labute approximate surface area is 118 Å². The van der Waals surface area contributed by atoms with E-state index in [1.165, 1.54) is 12.1 Å². The highest BCUT2D eigenvalue weighted by Crippen LogP contribution is 2.37. The quantitative estimate of drug-likeness (QED) is 0.879. The number of nitrogens with one attached hydrogen (secondary N) is 1. The van der Waals surface area contributed by atoms with Crippen LogP contribution in [-0.4, -0.2) is 18.8 Å². The third-order valence-electron chi connectivity index (χ3n) is 3.24. The van der Waals surface area contributed by atoms with Crippen LogP contribution in [0.1, 0.15) is 25.3 Å². The van der Waals surface area contributed by atoms with E-state index in [9.17, 15) is 13.2 Å². The normalized spacial score (nSPS) is 23.6. The summed E-state index contributed by atoms with van der Waals surface area (Å²) in [6.45, 7) is 2.95. The zero-order valence-electron chi connectivity index (χ0n) is 10.5. The van der Waals surface area contributed by atoms with E-state index >= 15 is 0 Å². The number of benzene rings is 1. The molecule has 0 radical (unpaired) electrons. The molecular formula is C13H15BrF3NO. The lowest BCUT2D eigenvalue weighted by molar-refractivity contribution is -0.137. The largest absolute Gasteiger partial charge is 0.418 e. The van der Waals surface area contributed by atoms with Gasteiger partial charge >= 0.3 is 6.18 Å². The SMILES string of the molecule is CC1(CNc2cc(Br)ccc2C(F)(F)F)CCCO1. The number of hydrogen-bond acceptors (Lipinski definition) is 2. The topological polar surface area (TPSA) is 21.3 Å². The van der Waals surface area contributed by atoms with Gasteiger partial charge in [-0.15, -0.1) is 0 Å². The summed E-state index contributed by atoms with van der Waals surface area (Å²) >= 11 is 3.19. The highest BCUT2D eigenvalue weighted by atomic mass is 79.9. The van der Waals surface area contributed by atoms with Crippen molar-refractivity contribution < 1.29 is 17.9 Å². The van der Waals surface area contributed by atoms with Crippen molar-refractivity contribution in [3.05, 3.63) is 28.2 Å². The second-order valence-electron chi connectivity index (χ2n) is 4.94. The molecule has 2 nitrogen and oxygen atoms in total. The maximum atomic E-state index is 12.9. The molecule has 0 saturated carbocycles. The molecule has 0 bridgehead atoms. The second kappa shape index (κ2) is 5.32. The molecule has 1 aliphatic rings. The molecule has 0 aromatic heterocycles. The first kappa shape index (κ1) is 14.7. The predicted octanol–water partition coefficient (Wildman–Crippen LogP) is 4.45. The minimum absolute atomic E-state index is 0.0820. The summed E-state index contributed by atoms with van der Waals surface area (Å²) in [4.78, 5) is 0. The van der Waals surface area contributed by atoms with Crippen molar-refractivity contribution in [2.24, 2.45) is 0 Å². The van der Waals surface area contributed by atoms with Crippen molar-refractivity contribution in [2.45, 2.75) is 31.5 Å². The summed E-state index contributed by atoms with van der Waals surface area (Å²) in [6.07, 6.45) is -2.56. The van der Waals surface area contributed by atoms with Crippen LogP contribution in [0.25, 0.3) is 0 Å².